The minimum atomic E-state index is -1.08. The molecule has 1 aromatic rings. The normalized spacial score (nSPS) is 11.2. The van der Waals surface area contributed by atoms with E-state index < -0.39 is 11.4 Å². The Morgan fingerprint density at radius 2 is 1.80 bits per heavy atom. The zero-order valence-electron chi connectivity index (χ0n) is 12.3. The van der Waals surface area contributed by atoms with Gasteiger partial charge in [0, 0.05) is 12.1 Å². The molecule has 0 aliphatic carbocycles. The Labute approximate surface area is 118 Å². The maximum Gasteiger partial charge on any atom is 0.309 e. The number of amides is 1. The van der Waals surface area contributed by atoms with E-state index in [4.69, 9.17) is 9.84 Å². The van der Waals surface area contributed by atoms with Gasteiger partial charge in [0.25, 0.3) is 0 Å². The highest BCUT2D eigenvalue weighted by Gasteiger charge is 2.30. The van der Waals surface area contributed by atoms with Crippen molar-refractivity contribution in [2.75, 3.05) is 5.32 Å². The van der Waals surface area contributed by atoms with Crippen molar-refractivity contribution in [2.24, 2.45) is 5.41 Å². The smallest absolute Gasteiger partial charge is 0.309 e. The quantitative estimate of drug-likeness (QED) is 0.839. The molecule has 20 heavy (non-hydrogen) atoms. The van der Waals surface area contributed by atoms with Gasteiger partial charge < -0.3 is 15.2 Å². The molecule has 5 nitrogen and oxygen atoms in total. The molecule has 0 aliphatic heterocycles. The molecule has 0 fully saturated rings. The van der Waals surface area contributed by atoms with Gasteiger partial charge in [-0.2, -0.15) is 0 Å². The predicted molar refractivity (Wildman–Crippen MR) is 76.9 cm³/mol. The van der Waals surface area contributed by atoms with Crippen LogP contribution in [0.15, 0.2) is 24.3 Å². The molecule has 2 N–H and O–H groups in total. The van der Waals surface area contributed by atoms with Crippen molar-refractivity contribution in [3.63, 3.8) is 0 Å². The fourth-order valence-corrected chi connectivity index (χ4v) is 1.57. The van der Waals surface area contributed by atoms with Crippen molar-refractivity contribution in [1.82, 2.24) is 0 Å². The molecule has 0 unspecified atom stereocenters. The number of nitrogens with one attached hydrogen (secondary N) is 1. The number of aliphatic carboxylic acids is 1. The second-order valence-corrected chi connectivity index (χ2v) is 5.60. The number of benzene rings is 1. The van der Waals surface area contributed by atoms with E-state index in [-0.39, 0.29) is 18.4 Å². The molecule has 0 saturated carbocycles. The largest absolute Gasteiger partial charge is 0.491 e. The van der Waals surface area contributed by atoms with Crippen molar-refractivity contribution < 1.29 is 19.4 Å². The molecule has 1 rings (SSSR count). The second-order valence-electron chi connectivity index (χ2n) is 5.60. The van der Waals surface area contributed by atoms with Crippen molar-refractivity contribution in [3.05, 3.63) is 24.3 Å². The maximum atomic E-state index is 11.8. The summed E-state index contributed by atoms with van der Waals surface area (Å²) in [5, 5.41) is 11.7. The molecule has 0 bridgehead atoms. The van der Waals surface area contributed by atoms with Crippen molar-refractivity contribution in [2.45, 2.75) is 40.2 Å². The maximum absolute atomic E-state index is 11.8. The average molecular weight is 279 g/mol. The molecule has 0 radical (unpaired) electrons. The van der Waals surface area contributed by atoms with Crippen LogP contribution in [0.5, 0.6) is 5.75 Å². The summed E-state index contributed by atoms with van der Waals surface area (Å²) in [6.07, 6.45) is 0.0128. The Morgan fingerprint density at radius 1 is 1.25 bits per heavy atom. The van der Waals surface area contributed by atoms with Gasteiger partial charge in [0.15, 0.2) is 0 Å². The molecule has 0 atom stereocenters. The van der Waals surface area contributed by atoms with Crippen LogP contribution >= 0.6 is 0 Å². The van der Waals surface area contributed by atoms with Gasteiger partial charge in [-0.3, -0.25) is 9.59 Å². The van der Waals surface area contributed by atoms with Crippen LogP contribution in [-0.2, 0) is 9.59 Å². The van der Waals surface area contributed by atoms with Crippen LogP contribution in [0.4, 0.5) is 5.69 Å². The molecule has 0 aromatic heterocycles. The highest BCUT2D eigenvalue weighted by Crippen LogP contribution is 2.22. The van der Waals surface area contributed by atoms with Gasteiger partial charge in [-0.15, -0.1) is 0 Å². The van der Waals surface area contributed by atoms with Crippen LogP contribution in [0.2, 0.25) is 0 Å². The van der Waals surface area contributed by atoms with Gasteiger partial charge in [0.05, 0.1) is 11.5 Å². The van der Waals surface area contributed by atoms with Crippen LogP contribution in [0.3, 0.4) is 0 Å². The lowest BCUT2D eigenvalue weighted by atomic mass is 9.89. The lowest BCUT2D eigenvalue weighted by Crippen LogP contribution is -2.29. The Bertz CT molecular complexity index is 477. The Hall–Kier alpha value is -2.04. The van der Waals surface area contributed by atoms with E-state index >= 15 is 0 Å². The number of carbonyl (C=O) groups is 2. The van der Waals surface area contributed by atoms with E-state index in [0.717, 1.165) is 5.75 Å². The first-order valence-electron chi connectivity index (χ1n) is 6.50. The fourth-order valence-electron chi connectivity index (χ4n) is 1.57. The summed E-state index contributed by atoms with van der Waals surface area (Å²) in [6.45, 7) is 6.91. The summed E-state index contributed by atoms with van der Waals surface area (Å²) in [7, 11) is 0. The van der Waals surface area contributed by atoms with E-state index in [2.05, 4.69) is 5.32 Å². The van der Waals surface area contributed by atoms with Gasteiger partial charge in [-0.05, 0) is 52.0 Å². The first-order valence-corrected chi connectivity index (χ1v) is 6.50. The number of rotatable bonds is 6. The van der Waals surface area contributed by atoms with Crippen LogP contribution in [0.25, 0.3) is 0 Å². The van der Waals surface area contributed by atoms with Crippen molar-refractivity contribution in [1.29, 1.82) is 0 Å². The predicted octanol–water partition coefficient (Wildman–Crippen LogP) is 2.91. The third kappa shape index (κ3) is 4.91. The summed E-state index contributed by atoms with van der Waals surface area (Å²) in [5.74, 6) is -0.591. The Kier molecular flexibility index (Phi) is 5.13. The standard InChI is InChI=1S/C15H21NO4/c1-10(2)20-12-7-5-11(6-8-12)16-13(17)9-15(3,4)14(18)19/h5-8,10H,9H2,1-4H3,(H,16,17)(H,18,19). The Morgan fingerprint density at radius 3 is 2.25 bits per heavy atom. The molecule has 110 valence electrons. The molecule has 0 saturated heterocycles. The van der Waals surface area contributed by atoms with Gasteiger partial charge in [0.2, 0.25) is 5.91 Å². The van der Waals surface area contributed by atoms with Gasteiger partial charge >= 0.3 is 5.97 Å². The van der Waals surface area contributed by atoms with E-state index in [0.29, 0.717) is 5.69 Å². The third-order valence-electron chi connectivity index (χ3n) is 2.69. The average Bonchev–Trinajstić information content (AvgIpc) is 2.30. The van der Waals surface area contributed by atoms with E-state index in [9.17, 15) is 9.59 Å². The summed E-state index contributed by atoms with van der Waals surface area (Å²) in [4.78, 5) is 22.7. The van der Waals surface area contributed by atoms with Crippen molar-refractivity contribution >= 4 is 17.6 Å². The van der Waals surface area contributed by atoms with E-state index in [1.165, 1.54) is 13.8 Å². The SMILES string of the molecule is CC(C)Oc1ccc(NC(=O)CC(C)(C)C(=O)O)cc1. The highest BCUT2D eigenvalue weighted by molar-refractivity contribution is 5.94. The molecule has 1 amide bonds. The van der Waals surface area contributed by atoms with Crippen LogP contribution in [0.1, 0.15) is 34.1 Å². The number of hydrogen-bond donors (Lipinski definition) is 2. The second kappa shape index (κ2) is 6.41. The number of hydrogen-bond acceptors (Lipinski definition) is 3. The third-order valence-corrected chi connectivity index (χ3v) is 2.69. The van der Waals surface area contributed by atoms with Gasteiger partial charge in [-0.1, -0.05) is 0 Å². The lowest BCUT2D eigenvalue weighted by molar-refractivity contribution is -0.148. The van der Waals surface area contributed by atoms with E-state index in [1.807, 2.05) is 13.8 Å². The zero-order chi connectivity index (χ0) is 15.3. The number of carboxylic acids is 1. The van der Waals surface area contributed by atoms with E-state index in [1.54, 1.807) is 24.3 Å². The monoisotopic (exact) mass is 279 g/mol. The number of anilines is 1. The molecule has 1 aromatic carbocycles. The Balaban J connectivity index is 2.61. The summed E-state index contributed by atoms with van der Waals surface area (Å²) in [5.41, 5.74) is -0.461. The topological polar surface area (TPSA) is 75.6 Å². The van der Waals surface area contributed by atoms with Crippen LogP contribution < -0.4 is 10.1 Å². The molecule has 5 heteroatoms. The molecule has 0 heterocycles. The molecule has 0 spiro atoms. The van der Waals surface area contributed by atoms with Gasteiger partial charge in [0.1, 0.15) is 5.75 Å². The lowest BCUT2D eigenvalue weighted by Gasteiger charge is -2.18. The fraction of sp³-hybridized carbons (Fsp3) is 0.467. The first kappa shape index (κ1) is 16.0. The minimum Gasteiger partial charge on any atom is -0.491 e. The van der Waals surface area contributed by atoms with Crippen LogP contribution in [-0.4, -0.2) is 23.1 Å². The minimum absolute atomic E-state index is 0.0768. The number of carbonyl (C=O) groups excluding carboxylic acids is 1. The van der Waals surface area contributed by atoms with Crippen LogP contribution in [0, 0.1) is 5.41 Å². The summed E-state index contributed by atoms with van der Waals surface area (Å²) < 4.78 is 5.50. The zero-order valence-corrected chi connectivity index (χ0v) is 12.3. The number of ether oxygens (including phenoxy) is 1. The summed E-state index contributed by atoms with van der Waals surface area (Å²) >= 11 is 0. The molecular weight excluding hydrogens is 258 g/mol. The molecular formula is C15H21NO4. The number of carboxylic acid groups (broad SMARTS) is 1. The van der Waals surface area contributed by atoms with Gasteiger partial charge in [-0.25, -0.2) is 0 Å². The summed E-state index contributed by atoms with van der Waals surface area (Å²) in [6, 6.07) is 6.97. The van der Waals surface area contributed by atoms with Crippen molar-refractivity contribution in [3.8, 4) is 5.75 Å². The first-order chi connectivity index (χ1) is 9.20. The molecule has 0 aliphatic rings. The highest BCUT2D eigenvalue weighted by atomic mass is 16.5.